The second-order valence-corrected chi connectivity index (χ2v) is 8.41. The molecule has 0 fully saturated rings. The number of aliphatic hydroxyl groups is 1. The lowest BCUT2D eigenvalue weighted by Gasteiger charge is -2.36. The molecule has 0 saturated carbocycles. The predicted molar refractivity (Wildman–Crippen MR) is 119 cm³/mol. The molecule has 0 radical (unpaired) electrons. The van der Waals surface area contributed by atoms with Crippen LogP contribution >= 0.6 is 11.3 Å². The number of imidazole rings is 1. The number of para-hydroxylation sites is 2. The van der Waals surface area contributed by atoms with Crippen LogP contribution in [0.25, 0.3) is 11.0 Å². The average Bonchev–Trinajstić information content (AvgIpc) is 3.46. The van der Waals surface area contributed by atoms with Crippen molar-refractivity contribution in [2.24, 2.45) is 5.92 Å². The van der Waals surface area contributed by atoms with E-state index in [4.69, 9.17) is 9.47 Å². The molecular weight excluding hydrogens is 414 g/mol. The molecule has 3 heterocycles. The maximum absolute atomic E-state index is 12.9. The second-order valence-electron chi connectivity index (χ2n) is 7.43. The highest BCUT2D eigenvalue weighted by molar-refractivity contribution is 7.10. The molecule has 0 bridgehead atoms. The zero-order chi connectivity index (χ0) is 21.6. The number of aromatic nitrogens is 2. The SMILES string of the molecule is CCO[C@@H]1OC(C(=O)NCc2nc3ccccc3[nH]2)=C[C@H](c2cccs2)[C@H]1CCCO. The van der Waals surface area contributed by atoms with Crippen LogP contribution in [0.1, 0.15) is 36.4 Å². The third-order valence-corrected chi connectivity index (χ3v) is 6.34. The van der Waals surface area contributed by atoms with Crippen LogP contribution in [-0.2, 0) is 20.8 Å². The first-order valence-corrected chi connectivity index (χ1v) is 11.4. The number of H-pyrrole nitrogens is 1. The van der Waals surface area contributed by atoms with Gasteiger partial charge in [0.2, 0.25) is 6.29 Å². The molecule has 3 aromatic rings. The molecule has 0 spiro atoms. The second kappa shape index (κ2) is 10.1. The van der Waals surface area contributed by atoms with Crippen molar-refractivity contribution in [1.29, 1.82) is 0 Å². The summed E-state index contributed by atoms with van der Waals surface area (Å²) in [6.45, 7) is 2.77. The van der Waals surface area contributed by atoms with Gasteiger partial charge in [-0.05, 0) is 49.4 Å². The molecule has 3 atom stereocenters. The lowest BCUT2D eigenvalue weighted by atomic mass is 9.84. The molecule has 7 nitrogen and oxygen atoms in total. The molecule has 164 valence electrons. The molecule has 3 N–H and O–H groups in total. The number of fused-ring (bicyclic) bond motifs is 1. The summed E-state index contributed by atoms with van der Waals surface area (Å²) < 4.78 is 11.9. The van der Waals surface area contributed by atoms with E-state index >= 15 is 0 Å². The smallest absolute Gasteiger partial charge is 0.286 e. The van der Waals surface area contributed by atoms with E-state index < -0.39 is 6.29 Å². The van der Waals surface area contributed by atoms with Crippen LogP contribution in [0.4, 0.5) is 0 Å². The Kier molecular flexibility index (Phi) is 7.01. The lowest BCUT2D eigenvalue weighted by Crippen LogP contribution is -2.38. The van der Waals surface area contributed by atoms with E-state index in [1.165, 1.54) is 0 Å². The van der Waals surface area contributed by atoms with Gasteiger partial charge >= 0.3 is 0 Å². The molecule has 8 heteroatoms. The van der Waals surface area contributed by atoms with E-state index in [9.17, 15) is 9.90 Å². The summed E-state index contributed by atoms with van der Waals surface area (Å²) >= 11 is 1.65. The van der Waals surface area contributed by atoms with Crippen LogP contribution in [0.5, 0.6) is 0 Å². The number of ether oxygens (including phenoxy) is 2. The molecule has 1 aromatic carbocycles. The molecule has 1 aliphatic rings. The predicted octanol–water partition coefficient (Wildman–Crippen LogP) is 3.69. The molecule has 0 saturated heterocycles. The van der Waals surface area contributed by atoms with Gasteiger partial charge in [-0.2, -0.15) is 0 Å². The zero-order valence-corrected chi connectivity index (χ0v) is 18.2. The summed E-state index contributed by atoms with van der Waals surface area (Å²) in [4.78, 5) is 21.8. The summed E-state index contributed by atoms with van der Waals surface area (Å²) in [6, 6.07) is 11.8. The number of amides is 1. The fourth-order valence-electron chi connectivity index (χ4n) is 3.92. The number of rotatable bonds is 9. The van der Waals surface area contributed by atoms with Gasteiger partial charge in [0.15, 0.2) is 5.76 Å². The van der Waals surface area contributed by atoms with Gasteiger partial charge in [0.25, 0.3) is 5.91 Å². The summed E-state index contributed by atoms with van der Waals surface area (Å²) in [6.07, 6.45) is 2.74. The molecule has 2 aromatic heterocycles. The van der Waals surface area contributed by atoms with Crippen LogP contribution in [0, 0.1) is 5.92 Å². The summed E-state index contributed by atoms with van der Waals surface area (Å²) in [5.74, 6) is 0.657. The van der Waals surface area contributed by atoms with Crippen molar-refractivity contribution in [3.8, 4) is 0 Å². The van der Waals surface area contributed by atoms with Crippen molar-refractivity contribution in [2.45, 2.75) is 38.5 Å². The highest BCUT2D eigenvalue weighted by atomic mass is 32.1. The number of aliphatic hydroxyl groups excluding tert-OH is 1. The molecule has 31 heavy (non-hydrogen) atoms. The third-order valence-electron chi connectivity index (χ3n) is 5.36. The van der Waals surface area contributed by atoms with Crippen LogP contribution in [0.15, 0.2) is 53.6 Å². The van der Waals surface area contributed by atoms with Gasteiger partial charge in [0, 0.05) is 29.9 Å². The zero-order valence-electron chi connectivity index (χ0n) is 17.4. The fraction of sp³-hybridized carbons (Fsp3) is 0.391. The Balaban J connectivity index is 1.52. The van der Waals surface area contributed by atoms with Gasteiger partial charge in [0.05, 0.1) is 17.6 Å². The van der Waals surface area contributed by atoms with Gasteiger partial charge in [-0.25, -0.2) is 4.98 Å². The first-order chi connectivity index (χ1) is 15.2. The van der Waals surface area contributed by atoms with Crippen molar-refractivity contribution in [1.82, 2.24) is 15.3 Å². The van der Waals surface area contributed by atoms with Crippen LogP contribution < -0.4 is 5.32 Å². The Morgan fingerprint density at radius 1 is 1.32 bits per heavy atom. The molecular formula is C23H27N3O4S. The number of thiophene rings is 1. The lowest BCUT2D eigenvalue weighted by molar-refractivity contribution is -0.166. The van der Waals surface area contributed by atoms with Crippen LogP contribution in [0.2, 0.25) is 0 Å². The average molecular weight is 442 g/mol. The monoisotopic (exact) mass is 441 g/mol. The number of nitrogens with zero attached hydrogens (tertiary/aromatic N) is 1. The Bertz CT molecular complexity index is 998. The van der Waals surface area contributed by atoms with E-state index in [-0.39, 0.29) is 36.7 Å². The van der Waals surface area contributed by atoms with Crippen molar-refractivity contribution in [3.63, 3.8) is 0 Å². The molecule has 0 aliphatic carbocycles. The van der Waals surface area contributed by atoms with E-state index in [2.05, 4.69) is 21.4 Å². The van der Waals surface area contributed by atoms with Crippen molar-refractivity contribution in [3.05, 3.63) is 64.3 Å². The quantitative estimate of drug-likeness (QED) is 0.471. The van der Waals surface area contributed by atoms with E-state index in [1.54, 1.807) is 11.3 Å². The molecule has 1 aliphatic heterocycles. The number of carbonyl (C=O) groups is 1. The Hall–Kier alpha value is -2.68. The highest BCUT2D eigenvalue weighted by Gasteiger charge is 2.38. The highest BCUT2D eigenvalue weighted by Crippen LogP contribution is 2.40. The fourth-order valence-corrected chi connectivity index (χ4v) is 4.79. The standard InChI is InChI=1S/C23H27N3O4S/c1-2-29-23-15(7-5-11-27)16(20-10-6-12-31-20)13-19(30-23)22(28)24-14-21-25-17-8-3-4-9-18(17)26-21/h3-4,6,8-10,12-13,15-16,23,27H,2,5,7,11,14H2,1H3,(H,24,28)(H,25,26)/t15-,16+,23-/m1/s1. The topological polar surface area (TPSA) is 96.5 Å². The maximum Gasteiger partial charge on any atom is 0.286 e. The minimum absolute atomic E-state index is 0.0104. The van der Waals surface area contributed by atoms with Crippen LogP contribution in [0.3, 0.4) is 0 Å². The van der Waals surface area contributed by atoms with Gasteiger partial charge in [-0.15, -0.1) is 11.3 Å². The van der Waals surface area contributed by atoms with Crippen molar-refractivity contribution < 1.29 is 19.4 Å². The number of hydrogen-bond donors (Lipinski definition) is 3. The van der Waals surface area contributed by atoms with Gasteiger partial charge in [0.1, 0.15) is 5.82 Å². The van der Waals surface area contributed by atoms with Gasteiger partial charge in [-0.3, -0.25) is 4.79 Å². The summed E-state index contributed by atoms with van der Waals surface area (Å²) in [7, 11) is 0. The summed E-state index contributed by atoms with van der Waals surface area (Å²) in [5, 5.41) is 14.3. The number of allylic oxidation sites excluding steroid dienone is 1. The van der Waals surface area contributed by atoms with Crippen molar-refractivity contribution >= 4 is 28.3 Å². The van der Waals surface area contributed by atoms with Gasteiger partial charge < -0.3 is 24.9 Å². The maximum atomic E-state index is 12.9. The van der Waals surface area contributed by atoms with Crippen molar-refractivity contribution in [2.75, 3.05) is 13.2 Å². The Labute approximate surface area is 185 Å². The van der Waals surface area contributed by atoms with Gasteiger partial charge in [-0.1, -0.05) is 18.2 Å². The Morgan fingerprint density at radius 3 is 2.94 bits per heavy atom. The third kappa shape index (κ3) is 4.98. The van der Waals surface area contributed by atoms with E-state index in [0.717, 1.165) is 22.3 Å². The number of hydrogen-bond acceptors (Lipinski definition) is 6. The van der Waals surface area contributed by atoms with E-state index in [1.807, 2.05) is 48.7 Å². The number of aromatic amines is 1. The molecule has 0 unspecified atom stereocenters. The minimum atomic E-state index is -0.541. The largest absolute Gasteiger partial charge is 0.459 e. The van der Waals surface area contributed by atoms with E-state index in [0.29, 0.717) is 18.9 Å². The first-order valence-electron chi connectivity index (χ1n) is 10.6. The number of nitrogens with one attached hydrogen (secondary N) is 2. The van der Waals surface area contributed by atoms with Crippen LogP contribution in [-0.4, -0.2) is 40.5 Å². The number of carbonyl (C=O) groups excluding carboxylic acids is 1. The summed E-state index contributed by atoms with van der Waals surface area (Å²) in [5.41, 5.74) is 1.79. The Morgan fingerprint density at radius 2 is 2.19 bits per heavy atom. The number of benzene rings is 1. The molecule has 1 amide bonds. The normalized spacial score (nSPS) is 21.0. The first kappa shape index (κ1) is 21.5. The minimum Gasteiger partial charge on any atom is -0.459 e. The molecule has 4 rings (SSSR count).